The lowest BCUT2D eigenvalue weighted by atomic mass is 9.96. The average molecular weight is 1680 g/mol. The quantitative estimate of drug-likeness (QED) is 0.0199. The number of rotatable bonds is 78. The number of amides is 1. The van der Waals surface area contributed by atoms with Gasteiger partial charge in [-0.2, -0.15) is 0 Å². The lowest BCUT2D eigenvalue weighted by molar-refractivity contribution is -0.379. The zero-order chi connectivity index (χ0) is 85.9. The van der Waals surface area contributed by atoms with Gasteiger partial charge in [0.05, 0.1) is 38.6 Å². The maximum Gasteiger partial charge on any atom is 0.220 e. The van der Waals surface area contributed by atoms with Gasteiger partial charge in [-0.05, 0) is 103 Å². The molecule has 0 bridgehead atoms. The third kappa shape index (κ3) is 55.3. The predicted octanol–water partition coefficient (Wildman–Crippen LogP) is 19.7. The topological polar surface area (TPSA) is 307 Å². The monoisotopic (exact) mass is 1680 g/mol. The number of carbonyl (C=O) groups is 1. The fraction of sp³-hybridized carbons (Fsp3) is 0.790. The van der Waals surface area contributed by atoms with Gasteiger partial charge in [-0.25, -0.2) is 0 Å². The van der Waals surface area contributed by atoms with Crippen molar-refractivity contribution < 1.29 is 89.4 Å². The van der Waals surface area contributed by atoms with Crippen LogP contribution in [-0.4, -0.2) is 193 Å². The van der Waals surface area contributed by atoms with Crippen LogP contribution in [0.25, 0.3) is 0 Å². The first-order valence-corrected chi connectivity index (χ1v) is 48.3. The van der Waals surface area contributed by atoms with Gasteiger partial charge >= 0.3 is 0 Å². The number of aliphatic hydroxyl groups excluding tert-OH is 11. The summed E-state index contributed by atoms with van der Waals surface area (Å²) in [6, 6.07) is -1.00. The Bertz CT molecular complexity index is 2620. The van der Waals surface area contributed by atoms with Crippen molar-refractivity contribution in [3.8, 4) is 0 Å². The smallest absolute Gasteiger partial charge is 0.220 e. The summed E-state index contributed by atoms with van der Waals surface area (Å²) in [7, 11) is 0. The molecule has 19 heteroatoms. The second kappa shape index (κ2) is 77.7. The highest BCUT2D eigenvalue weighted by Gasteiger charge is 2.54. The normalized spacial score (nSPS) is 24.7. The Morgan fingerprint density at radius 3 is 0.941 bits per heavy atom. The first-order valence-electron chi connectivity index (χ1n) is 48.3. The Kier molecular flexibility index (Phi) is 71.4. The van der Waals surface area contributed by atoms with Crippen LogP contribution in [0.4, 0.5) is 0 Å². The van der Waals surface area contributed by atoms with Crippen LogP contribution in [-0.2, 0) is 33.2 Å². The maximum atomic E-state index is 13.5. The lowest BCUT2D eigenvalue weighted by Gasteiger charge is -2.48. The van der Waals surface area contributed by atoms with E-state index in [9.17, 15) is 61.0 Å². The summed E-state index contributed by atoms with van der Waals surface area (Å²) >= 11 is 0. The highest BCUT2D eigenvalue weighted by molar-refractivity contribution is 5.76. The number of allylic oxidation sites excluding steroid dienone is 19. The molecule has 119 heavy (non-hydrogen) atoms. The van der Waals surface area contributed by atoms with Crippen molar-refractivity contribution in [2.75, 3.05) is 26.4 Å². The zero-order valence-corrected chi connectivity index (χ0v) is 74.6. The van der Waals surface area contributed by atoms with Crippen molar-refractivity contribution in [2.24, 2.45) is 0 Å². The molecule has 3 rings (SSSR count). The molecule has 0 spiro atoms. The average Bonchev–Trinajstić information content (AvgIpc) is 0.778. The van der Waals surface area contributed by atoms with Gasteiger partial charge in [0.2, 0.25) is 5.91 Å². The van der Waals surface area contributed by atoms with E-state index in [2.05, 4.69) is 129 Å². The Morgan fingerprint density at radius 1 is 0.311 bits per heavy atom. The number of aliphatic hydroxyl groups is 11. The summed E-state index contributed by atoms with van der Waals surface area (Å²) in [5.41, 5.74) is 0. The van der Waals surface area contributed by atoms with E-state index in [-0.39, 0.29) is 18.9 Å². The molecule has 12 N–H and O–H groups in total. The van der Waals surface area contributed by atoms with Crippen LogP contribution in [0.15, 0.2) is 122 Å². The molecule has 17 atom stereocenters. The minimum atomic E-state index is -1.99. The minimum Gasteiger partial charge on any atom is -0.394 e. The first-order chi connectivity index (χ1) is 58.3. The van der Waals surface area contributed by atoms with Crippen LogP contribution >= 0.6 is 0 Å². The lowest BCUT2D eigenvalue weighted by Crippen LogP contribution is -2.66. The molecular weight excluding hydrogens is 1500 g/mol. The summed E-state index contributed by atoms with van der Waals surface area (Å²) in [5.74, 6) is -0.287. The van der Waals surface area contributed by atoms with Crippen molar-refractivity contribution in [2.45, 2.75) is 478 Å². The Balaban J connectivity index is 1.31. The minimum absolute atomic E-state index is 0.229. The summed E-state index contributed by atoms with van der Waals surface area (Å²) < 4.78 is 34.5. The molecule has 3 fully saturated rings. The molecule has 3 aliphatic heterocycles. The molecule has 688 valence electrons. The van der Waals surface area contributed by atoms with Crippen molar-refractivity contribution in [1.29, 1.82) is 0 Å². The third-order valence-electron chi connectivity index (χ3n) is 23.2. The molecule has 0 aromatic rings. The van der Waals surface area contributed by atoms with Gasteiger partial charge < -0.3 is 89.9 Å². The molecule has 3 aliphatic rings. The van der Waals surface area contributed by atoms with E-state index in [0.29, 0.717) is 12.8 Å². The first kappa shape index (κ1) is 109. The van der Waals surface area contributed by atoms with Crippen molar-refractivity contribution >= 4 is 5.91 Å². The van der Waals surface area contributed by atoms with Crippen LogP contribution in [0.1, 0.15) is 373 Å². The highest BCUT2D eigenvalue weighted by Crippen LogP contribution is 2.34. The Hall–Kier alpha value is -3.81. The molecule has 19 nitrogen and oxygen atoms in total. The van der Waals surface area contributed by atoms with Crippen LogP contribution in [0.5, 0.6) is 0 Å². The summed E-state index contributed by atoms with van der Waals surface area (Å²) in [6.45, 7) is 1.64. The van der Waals surface area contributed by atoms with E-state index in [1.54, 1.807) is 6.08 Å². The molecule has 0 radical (unpaired) electrons. The summed E-state index contributed by atoms with van der Waals surface area (Å²) in [4.78, 5) is 13.5. The van der Waals surface area contributed by atoms with Gasteiger partial charge in [-0.3, -0.25) is 4.79 Å². The highest BCUT2D eigenvalue weighted by atomic mass is 16.8. The Labute approximate surface area is 722 Å². The number of carbonyl (C=O) groups excluding carboxylic acids is 1. The van der Waals surface area contributed by atoms with Gasteiger partial charge in [0.1, 0.15) is 73.2 Å². The van der Waals surface area contributed by atoms with Crippen molar-refractivity contribution in [3.63, 3.8) is 0 Å². The molecule has 3 heterocycles. The third-order valence-corrected chi connectivity index (χ3v) is 23.2. The largest absolute Gasteiger partial charge is 0.394 e. The number of nitrogens with one attached hydrogen (secondary N) is 1. The maximum absolute atomic E-state index is 13.5. The van der Waals surface area contributed by atoms with Crippen LogP contribution in [0.3, 0.4) is 0 Å². The number of ether oxygens (including phenoxy) is 6. The predicted molar refractivity (Wildman–Crippen MR) is 484 cm³/mol. The van der Waals surface area contributed by atoms with Crippen LogP contribution < -0.4 is 5.32 Å². The van der Waals surface area contributed by atoms with Gasteiger partial charge in [0.25, 0.3) is 0 Å². The molecule has 0 saturated carbocycles. The number of unbranched alkanes of at least 4 members (excludes halogenated alkanes) is 44. The fourth-order valence-corrected chi connectivity index (χ4v) is 15.6. The van der Waals surface area contributed by atoms with Gasteiger partial charge in [0, 0.05) is 6.42 Å². The molecule has 3 saturated heterocycles. The fourth-order valence-electron chi connectivity index (χ4n) is 15.6. The van der Waals surface area contributed by atoms with E-state index < -0.39 is 124 Å². The molecule has 0 aromatic heterocycles. The molecular formula is C100H175NO18. The van der Waals surface area contributed by atoms with Crippen LogP contribution in [0.2, 0.25) is 0 Å². The molecule has 0 aromatic carbocycles. The van der Waals surface area contributed by atoms with Gasteiger partial charge in [0.15, 0.2) is 18.9 Å². The zero-order valence-electron chi connectivity index (χ0n) is 74.6. The standard InChI is InChI=1S/C100H175NO18/c1-3-5-7-9-11-13-15-17-19-21-23-25-27-29-31-33-35-37-38-39-40-41-42-43-44-46-48-50-52-54-56-58-60-62-64-66-68-70-72-74-76-78-88(106)101-83(84(105)77-75-73-71-69-67-65-63-61-59-57-55-53-51-49-47-45-36-34-32-30-28-26-24-22-20-18-16-14-12-10-8-6-4-2)82-114-98-94(112)91(109)96(86(80-103)116-98)119-100-95(113)92(110)97(87(81-104)117-100)118-99-93(111)90(108)89(107)85(79-102)115-99/h5,7,11,13,17,19,23,25,29,31,35,37,39-40,59,61,67,69,75,77,83-87,89-100,102-105,107-113H,3-4,6,8-10,12,14-16,18,20-22,24,26-28,30,32-34,36,38,41-58,60,62-66,68,70-74,76,78-82H2,1-2H3,(H,101,106)/b7-5-,13-11-,19-17-,25-23-,31-29-,37-35-,40-39-,61-59+,69-67+,77-75+. The second-order valence-corrected chi connectivity index (χ2v) is 33.8. The second-order valence-electron chi connectivity index (χ2n) is 33.8. The summed E-state index contributed by atoms with van der Waals surface area (Å²) in [5, 5.41) is 121. The molecule has 0 aliphatic carbocycles. The van der Waals surface area contributed by atoms with E-state index in [1.807, 2.05) is 6.08 Å². The van der Waals surface area contributed by atoms with E-state index in [4.69, 9.17) is 28.4 Å². The van der Waals surface area contributed by atoms with E-state index in [0.717, 1.165) is 89.9 Å². The van der Waals surface area contributed by atoms with Crippen molar-refractivity contribution in [1.82, 2.24) is 5.32 Å². The van der Waals surface area contributed by atoms with Gasteiger partial charge in [-0.15, -0.1) is 0 Å². The SMILES string of the molecule is CC/C=C\C/C=C\C/C=C\C/C=C\C/C=C\C/C=C\C/C=C\CCCCCCCCCCCCCCCCCCCCCC(=O)NC(COC1OC(CO)C(OC2OC(CO)C(OC3OC(CO)C(O)C(O)C3O)C(O)C2O)C(O)C1O)C(O)/C=C/CC/C=C/CC/C=C/CCCCCCCCCCCCCCCCCCCCCCCCC. The number of hydrogen-bond donors (Lipinski definition) is 12. The number of hydrogen-bond acceptors (Lipinski definition) is 18. The Morgan fingerprint density at radius 2 is 0.588 bits per heavy atom. The molecule has 17 unspecified atom stereocenters. The van der Waals surface area contributed by atoms with Crippen molar-refractivity contribution in [3.05, 3.63) is 122 Å². The molecule has 1 amide bonds. The van der Waals surface area contributed by atoms with Crippen LogP contribution in [0, 0.1) is 0 Å². The van der Waals surface area contributed by atoms with Gasteiger partial charge in [-0.1, -0.05) is 386 Å². The van der Waals surface area contributed by atoms with E-state index in [1.165, 1.54) is 250 Å². The van der Waals surface area contributed by atoms with E-state index >= 15 is 0 Å². The summed E-state index contributed by atoms with van der Waals surface area (Å²) in [6.07, 6.45) is 85.1.